The molecule has 0 bridgehead atoms. The Hall–Kier alpha value is -3.72. The van der Waals surface area contributed by atoms with Gasteiger partial charge >= 0.3 is 0 Å². The summed E-state index contributed by atoms with van der Waals surface area (Å²) in [5.74, 6) is 0.0511. The Morgan fingerprint density at radius 1 is 0.974 bits per heavy atom. The van der Waals surface area contributed by atoms with E-state index in [1.807, 2.05) is 36.3 Å². The summed E-state index contributed by atoms with van der Waals surface area (Å²) in [6.45, 7) is 6.15. The van der Waals surface area contributed by atoms with Crippen LogP contribution in [0.25, 0.3) is 27.5 Å². The standard InChI is InChI=1S/C31H34N6O2/c1-35-9-6-22(7-10-35)29-17-24(5-8-32-29)31(38)18-27-16-26-15-23(3-4-25(26)19-33-27)28-20-34-36(2)30(28)21-37-11-13-39-14-12-37/h3-6,8,15-17,19-20H,7,9-14,18,21H2,1-2H3. The van der Waals surface area contributed by atoms with Crippen LogP contribution in [0.2, 0.25) is 0 Å². The molecule has 2 aliphatic heterocycles. The maximum atomic E-state index is 13.2. The normalized spacial score (nSPS) is 16.9. The molecule has 6 rings (SSSR count). The zero-order chi connectivity index (χ0) is 26.8. The number of carbonyl (C=O) groups is 1. The first-order chi connectivity index (χ1) is 19.0. The molecule has 5 heterocycles. The van der Waals surface area contributed by atoms with Gasteiger partial charge in [0.15, 0.2) is 5.78 Å². The number of aryl methyl sites for hydroxylation is 1. The largest absolute Gasteiger partial charge is 0.379 e. The van der Waals surface area contributed by atoms with Gasteiger partial charge in [0, 0.05) is 74.4 Å². The van der Waals surface area contributed by atoms with Gasteiger partial charge in [0.1, 0.15) is 0 Å². The van der Waals surface area contributed by atoms with Crippen molar-refractivity contribution in [3.63, 3.8) is 0 Å². The van der Waals surface area contributed by atoms with Gasteiger partial charge in [0.05, 0.1) is 37.2 Å². The second-order valence-corrected chi connectivity index (χ2v) is 10.5. The molecule has 200 valence electrons. The molecule has 3 aromatic heterocycles. The van der Waals surface area contributed by atoms with E-state index in [4.69, 9.17) is 4.74 Å². The van der Waals surface area contributed by atoms with Crippen LogP contribution in [0.15, 0.2) is 61.1 Å². The molecule has 0 spiro atoms. The third-order valence-electron chi connectivity index (χ3n) is 7.79. The second-order valence-electron chi connectivity index (χ2n) is 10.5. The number of hydrogen-bond acceptors (Lipinski definition) is 7. The molecule has 1 fully saturated rings. The molecule has 4 aromatic rings. The van der Waals surface area contributed by atoms with Gasteiger partial charge in [-0.25, -0.2) is 0 Å². The summed E-state index contributed by atoms with van der Waals surface area (Å²) in [5.41, 5.74) is 6.99. The van der Waals surface area contributed by atoms with Gasteiger partial charge in [-0.3, -0.25) is 24.3 Å². The number of carbonyl (C=O) groups excluding carboxylic acids is 1. The Morgan fingerprint density at radius 3 is 2.67 bits per heavy atom. The Balaban J connectivity index is 1.22. The molecule has 0 radical (unpaired) electrons. The lowest BCUT2D eigenvalue weighted by molar-refractivity contribution is 0.0332. The van der Waals surface area contributed by atoms with Crippen LogP contribution in [0.4, 0.5) is 0 Å². The highest BCUT2D eigenvalue weighted by atomic mass is 16.5. The number of pyridine rings is 2. The van der Waals surface area contributed by atoms with E-state index in [9.17, 15) is 4.79 Å². The van der Waals surface area contributed by atoms with Crippen molar-refractivity contribution in [2.45, 2.75) is 19.4 Å². The lowest BCUT2D eigenvalue weighted by atomic mass is 9.99. The molecular formula is C31H34N6O2. The number of benzene rings is 1. The van der Waals surface area contributed by atoms with Crippen LogP contribution in [0.5, 0.6) is 0 Å². The van der Waals surface area contributed by atoms with Crippen LogP contribution in [-0.2, 0) is 24.8 Å². The van der Waals surface area contributed by atoms with Crippen molar-refractivity contribution in [1.82, 2.24) is 29.5 Å². The van der Waals surface area contributed by atoms with Gasteiger partial charge in [-0.05, 0) is 54.3 Å². The number of likely N-dealkylation sites (N-methyl/N-ethyl adjacent to an activating group) is 1. The summed E-state index contributed by atoms with van der Waals surface area (Å²) in [5, 5.41) is 6.68. The SMILES string of the molecule is CN1CC=C(c2cc(C(=O)Cc3cc4cc(-c5cnn(C)c5CN5CCOCC5)ccc4cn3)ccn2)CC1. The molecule has 39 heavy (non-hydrogen) atoms. The predicted octanol–water partition coefficient (Wildman–Crippen LogP) is 4.01. The smallest absolute Gasteiger partial charge is 0.168 e. The maximum absolute atomic E-state index is 13.2. The van der Waals surface area contributed by atoms with E-state index in [1.54, 1.807) is 12.3 Å². The number of morpholine rings is 1. The van der Waals surface area contributed by atoms with E-state index in [-0.39, 0.29) is 12.2 Å². The predicted molar refractivity (Wildman–Crippen MR) is 152 cm³/mol. The number of ketones is 1. The van der Waals surface area contributed by atoms with Gasteiger partial charge in [-0.15, -0.1) is 0 Å². The molecular weight excluding hydrogens is 488 g/mol. The first-order valence-electron chi connectivity index (χ1n) is 13.6. The minimum Gasteiger partial charge on any atom is -0.379 e. The Labute approximate surface area is 228 Å². The Kier molecular flexibility index (Phi) is 7.32. The highest BCUT2D eigenvalue weighted by molar-refractivity contribution is 5.98. The molecule has 0 unspecified atom stereocenters. The zero-order valence-corrected chi connectivity index (χ0v) is 22.6. The lowest BCUT2D eigenvalue weighted by Crippen LogP contribution is -2.36. The van der Waals surface area contributed by atoms with E-state index < -0.39 is 0 Å². The lowest BCUT2D eigenvalue weighted by Gasteiger charge is -2.27. The fraction of sp³-hybridized carbons (Fsp3) is 0.355. The number of hydrogen-bond donors (Lipinski definition) is 0. The van der Waals surface area contributed by atoms with Crippen molar-refractivity contribution >= 4 is 22.1 Å². The monoisotopic (exact) mass is 522 g/mol. The molecule has 0 N–H and O–H groups in total. The fourth-order valence-corrected chi connectivity index (χ4v) is 5.36. The zero-order valence-electron chi connectivity index (χ0n) is 22.6. The minimum absolute atomic E-state index is 0.0511. The molecule has 8 nitrogen and oxygen atoms in total. The van der Waals surface area contributed by atoms with Crippen molar-refractivity contribution in [2.24, 2.45) is 7.05 Å². The van der Waals surface area contributed by atoms with Gasteiger partial charge in [-0.1, -0.05) is 18.2 Å². The number of aromatic nitrogens is 4. The average molecular weight is 523 g/mol. The number of ether oxygens (including phenoxy) is 1. The van der Waals surface area contributed by atoms with E-state index >= 15 is 0 Å². The van der Waals surface area contributed by atoms with E-state index in [2.05, 4.69) is 56.2 Å². The van der Waals surface area contributed by atoms with Crippen molar-refractivity contribution in [1.29, 1.82) is 0 Å². The molecule has 0 aliphatic carbocycles. The highest BCUT2D eigenvalue weighted by Gasteiger charge is 2.18. The van der Waals surface area contributed by atoms with E-state index in [1.165, 1.54) is 11.3 Å². The van der Waals surface area contributed by atoms with E-state index in [0.29, 0.717) is 5.56 Å². The Bertz CT molecular complexity index is 1540. The van der Waals surface area contributed by atoms with Crippen LogP contribution in [0, 0.1) is 0 Å². The molecule has 0 atom stereocenters. The minimum atomic E-state index is 0.0511. The van der Waals surface area contributed by atoms with Gasteiger partial charge in [0.25, 0.3) is 0 Å². The molecule has 0 amide bonds. The molecule has 2 aliphatic rings. The quantitative estimate of drug-likeness (QED) is 0.340. The molecule has 1 aromatic carbocycles. The second kappa shape index (κ2) is 11.2. The molecule has 0 saturated carbocycles. The summed E-state index contributed by atoms with van der Waals surface area (Å²) in [6, 6.07) is 12.2. The van der Waals surface area contributed by atoms with Crippen molar-refractivity contribution < 1.29 is 9.53 Å². The summed E-state index contributed by atoms with van der Waals surface area (Å²) in [6.07, 6.45) is 8.95. The van der Waals surface area contributed by atoms with E-state index in [0.717, 1.165) is 85.6 Å². The van der Waals surface area contributed by atoms with Crippen LogP contribution < -0.4 is 0 Å². The first kappa shape index (κ1) is 25.6. The summed E-state index contributed by atoms with van der Waals surface area (Å²) in [4.78, 5) is 27.1. The van der Waals surface area contributed by atoms with Crippen LogP contribution in [0.1, 0.15) is 33.9 Å². The fourth-order valence-electron chi connectivity index (χ4n) is 5.36. The van der Waals surface area contributed by atoms with Gasteiger partial charge in [-0.2, -0.15) is 5.10 Å². The average Bonchev–Trinajstić information content (AvgIpc) is 3.33. The topological polar surface area (TPSA) is 76.4 Å². The summed E-state index contributed by atoms with van der Waals surface area (Å²) < 4.78 is 7.48. The number of rotatable bonds is 7. The maximum Gasteiger partial charge on any atom is 0.168 e. The Morgan fingerprint density at radius 2 is 1.85 bits per heavy atom. The van der Waals surface area contributed by atoms with Crippen LogP contribution in [-0.4, -0.2) is 81.8 Å². The van der Waals surface area contributed by atoms with Crippen LogP contribution in [0.3, 0.4) is 0 Å². The van der Waals surface area contributed by atoms with Crippen molar-refractivity contribution in [3.8, 4) is 11.1 Å². The summed E-state index contributed by atoms with van der Waals surface area (Å²) >= 11 is 0. The first-order valence-corrected chi connectivity index (χ1v) is 13.6. The molecule has 8 heteroatoms. The number of nitrogens with zero attached hydrogens (tertiary/aromatic N) is 6. The van der Waals surface area contributed by atoms with Crippen LogP contribution >= 0.6 is 0 Å². The summed E-state index contributed by atoms with van der Waals surface area (Å²) in [7, 11) is 4.11. The van der Waals surface area contributed by atoms with Crippen molar-refractivity contribution in [3.05, 3.63) is 83.7 Å². The highest BCUT2D eigenvalue weighted by Crippen LogP contribution is 2.29. The number of fused-ring (bicyclic) bond motifs is 1. The molecule has 1 saturated heterocycles. The third kappa shape index (κ3) is 5.68. The number of Topliss-reactive ketones (excluding diaryl/α,β-unsaturated/α-hetero) is 1. The van der Waals surface area contributed by atoms with Gasteiger partial charge < -0.3 is 9.64 Å². The van der Waals surface area contributed by atoms with Gasteiger partial charge in [0.2, 0.25) is 0 Å². The van der Waals surface area contributed by atoms with Crippen molar-refractivity contribution in [2.75, 3.05) is 46.4 Å². The third-order valence-corrected chi connectivity index (χ3v) is 7.79.